The molecule has 0 atom stereocenters. The summed E-state index contributed by atoms with van der Waals surface area (Å²) in [6.07, 6.45) is 0. The van der Waals surface area contributed by atoms with Gasteiger partial charge >= 0.3 is 0 Å². The third kappa shape index (κ3) is 1.61. The van der Waals surface area contributed by atoms with Gasteiger partial charge in [0, 0.05) is 0 Å². The molecule has 0 spiro atoms. The van der Waals surface area contributed by atoms with Crippen molar-refractivity contribution in [3.8, 4) is 0 Å². The van der Waals surface area contributed by atoms with E-state index in [1.165, 1.54) is 0 Å². The summed E-state index contributed by atoms with van der Waals surface area (Å²) < 4.78 is 0. The molecule has 1 rings (SSSR count). The van der Waals surface area contributed by atoms with Gasteiger partial charge in [0.25, 0.3) is 0 Å². The van der Waals surface area contributed by atoms with Crippen LogP contribution in [0, 0.1) is 0 Å². The fourth-order valence-electron chi connectivity index (χ4n) is 0.599. The van der Waals surface area contributed by atoms with Crippen molar-refractivity contribution < 1.29 is 5.21 Å². The van der Waals surface area contributed by atoms with Gasteiger partial charge in [-0.05, 0) is 12.1 Å². The Labute approximate surface area is 59.2 Å². The molecule has 0 heterocycles. The van der Waals surface area contributed by atoms with E-state index < -0.39 is 0 Å². The Hall–Kier alpha value is -1.26. The SMILES string of the molecule is N.Nc1ccccc1NO. The third-order valence-electron chi connectivity index (χ3n) is 1.08. The Bertz CT molecular complexity index is 202. The molecule has 0 aromatic heterocycles. The molecule has 1 aromatic carbocycles. The molecular formula is C6H11N3O. The number of para-hydroxylation sites is 2. The van der Waals surface area contributed by atoms with Crippen LogP contribution in [0.3, 0.4) is 0 Å². The first-order chi connectivity index (χ1) is 4.34. The van der Waals surface area contributed by atoms with Crippen LogP contribution in [0.15, 0.2) is 24.3 Å². The van der Waals surface area contributed by atoms with E-state index in [4.69, 9.17) is 10.9 Å². The van der Waals surface area contributed by atoms with Gasteiger partial charge in [0.05, 0.1) is 11.4 Å². The van der Waals surface area contributed by atoms with E-state index in [1.807, 2.05) is 5.48 Å². The first-order valence-corrected chi connectivity index (χ1v) is 2.59. The molecule has 0 saturated heterocycles. The zero-order valence-corrected chi connectivity index (χ0v) is 5.54. The van der Waals surface area contributed by atoms with Crippen molar-refractivity contribution in [3.05, 3.63) is 24.3 Å². The van der Waals surface area contributed by atoms with E-state index in [-0.39, 0.29) is 6.15 Å². The number of nitrogens with two attached hydrogens (primary N) is 1. The monoisotopic (exact) mass is 141 g/mol. The number of hydrogen-bond acceptors (Lipinski definition) is 4. The van der Waals surface area contributed by atoms with Gasteiger partial charge in [-0.25, -0.2) is 0 Å². The van der Waals surface area contributed by atoms with Crippen LogP contribution < -0.4 is 17.4 Å². The van der Waals surface area contributed by atoms with E-state index in [0.717, 1.165) is 0 Å². The maximum atomic E-state index is 8.39. The van der Waals surface area contributed by atoms with Crippen molar-refractivity contribution in [1.29, 1.82) is 0 Å². The first-order valence-electron chi connectivity index (χ1n) is 2.59. The molecular weight excluding hydrogens is 130 g/mol. The number of anilines is 2. The minimum atomic E-state index is 0. The van der Waals surface area contributed by atoms with Crippen LogP contribution in [0.1, 0.15) is 0 Å². The molecule has 0 aliphatic rings. The normalized spacial score (nSPS) is 8.10. The molecule has 0 unspecified atom stereocenters. The largest absolute Gasteiger partial charge is 0.397 e. The van der Waals surface area contributed by atoms with Crippen LogP contribution in [0.25, 0.3) is 0 Å². The second-order valence-corrected chi connectivity index (χ2v) is 1.70. The van der Waals surface area contributed by atoms with Gasteiger partial charge in [-0.2, -0.15) is 0 Å². The van der Waals surface area contributed by atoms with Crippen LogP contribution in [-0.4, -0.2) is 5.21 Å². The molecule has 10 heavy (non-hydrogen) atoms. The van der Waals surface area contributed by atoms with Crippen molar-refractivity contribution in [1.82, 2.24) is 6.15 Å². The number of nitrogens with one attached hydrogen (secondary N) is 1. The Balaban J connectivity index is 0.000000810. The van der Waals surface area contributed by atoms with E-state index in [1.54, 1.807) is 24.3 Å². The summed E-state index contributed by atoms with van der Waals surface area (Å²) in [6, 6.07) is 6.99. The second kappa shape index (κ2) is 3.71. The molecule has 4 heteroatoms. The van der Waals surface area contributed by atoms with E-state index >= 15 is 0 Å². The highest BCUT2D eigenvalue weighted by Gasteiger charge is 1.90. The van der Waals surface area contributed by atoms with Crippen molar-refractivity contribution in [2.45, 2.75) is 0 Å². The maximum Gasteiger partial charge on any atom is 0.0831 e. The number of benzene rings is 1. The predicted molar refractivity (Wildman–Crippen MR) is 41.3 cm³/mol. The average molecular weight is 141 g/mol. The van der Waals surface area contributed by atoms with E-state index in [9.17, 15) is 0 Å². The van der Waals surface area contributed by atoms with E-state index in [0.29, 0.717) is 11.4 Å². The average Bonchev–Trinajstić information content (AvgIpc) is 1.89. The molecule has 0 radical (unpaired) electrons. The fourth-order valence-corrected chi connectivity index (χ4v) is 0.599. The molecule has 7 N–H and O–H groups in total. The van der Waals surface area contributed by atoms with Crippen molar-refractivity contribution >= 4 is 11.4 Å². The van der Waals surface area contributed by atoms with Crippen LogP contribution in [-0.2, 0) is 0 Å². The van der Waals surface area contributed by atoms with Crippen LogP contribution in [0.2, 0.25) is 0 Å². The van der Waals surface area contributed by atoms with Gasteiger partial charge in [0.1, 0.15) is 0 Å². The summed E-state index contributed by atoms with van der Waals surface area (Å²) in [4.78, 5) is 0. The van der Waals surface area contributed by atoms with E-state index in [2.05, 4.69) is 0 Å². The molecule has 0 saturated carbocycles. The fraction of sp³-hybridized carbons (Fsp3) is 0. The van der Waals surface area contributed by atoms with Crippen molar-refractivity contribution in [3.63, 3.8) is 0 Å². The highest BCUT2D eigenvalue weighted by atomic mass is 16.5. The summed E-state index contributed by atoms with van der Waals surface area (Å²) in [5, 5.41) is 8.39. The Morgan fingerprint density at radius 3 is 2.30 bits per heavy atom. The summed E-state index contributed by atoms with van der Waals surface area (Å²) in [5.41, 5.74) is 8.46. The van der Waals surface area contributed by atoms with Crippen LogP contribution in [0.5, 0.6) is 0 Å². The number of rotatable bonds is 1. The second-order valence-electron chi connectivity index (χ2n) is 1.70. The van der Waals surface area contributed by atoms with Crippen molar-refractivity contribution in [2.24, 2.45) is 0 Å². The van der Waals surface area contributed by atoms with Gasteiger partial charge < -0.3 is 11.9 Å². The Kier molecular flexibility index (Phi) is 3.24. The minimum Gasteiger partial charge on any atom is -0.397 e. The van der Waals surface area contributed by atoms with Gasteiger partial charge in [0.2, 0.25) is 0 Å². The smallest absolute Gasteiger partial charge is 0.0831 e. The summed E-state index contributed by atoms with van der Waals surface area (Å²) in [7, 11) is 0. The predicted octanol–water partition coefficient (Wildman–Crippen LogP) is 1.23. The quantitative estimate of drug-likeness (QED) is 0.349. The Morgan fingerprint density at radius 1 is 1.30 bits per heavy atom. The highest BCUT2D eigenvalue weighted by Crippen LogP contribution is 2.14. The molecule has 0 aliphatic heterocycles. The van der Waals surface area contributed by atoms with Crippen LogP contribution in [0.4, 0.5) is 11.4 Å². The first kappa shape index (κ1) is 8.74. The summed E-state index contributed by atoms with van der Waals surface area (Å²) >= 11 is 0. The van der Waals surface area contributed by atoms with Crippen molar-refractivity contribution in [2.75, 3.05) is 11.2 Å². The standard InChI is InChI=1S/C6H8N2O.H3N/c7-5-3-1-2-4-6(5)8-9;/h1-4,8-9H,7H2;1H3. The van der Waals surface area contributed by atoms with Gasteiger partial charge in [-0.3, -0.25) is 10.7 Å². The molecule has 1 aromatic rings. The lowest BCUT2D eigenvalue weighted by Gasteiger charge is -1.99. The highest BCUT2D eigenvalue weighted by molar-refractivity contribution is 5.64. The lowest BCUT2D eigenvalue weighted by molar-refractivity contribution is 0.389. The molecule has 0 bridgehead atoms. The molecule has 4 nitrogen and oxygen atoms in total. The third-order valence-corrected chi connectivity index (χ3v) is 1.08. The van der Waals surface area contributed by atoms with Gasteiger partial charge in [-0.15, -0.1) is 0 Å². The maximum absolute atomic E-state index is 8.39. The molecule has 0 fully saturated rings. The molecule has 0 aliphatic carbocycles. The lowest BCUT2D eigenvalue weighted by atomic mass is 10.3. The summed E-state index contributed by atoms with van der Waals surface area (Å²) in [6.45, 7) is 0. The minimum absolute atomic E-state index is 0. The zero-order valence-electron chi connectivity index (χ0n) is 5.54. The topological polar surface area (TPSA) is 93.3 Å². The number of nitrogen functional groups attached to an aromatic ring is 1. The summed E-state index contributed by atoms with van der Waals surface area (Å²) in [5.74, 6) is 0. The lowest BCUT2D eigenvalue weighted by Crippen LogP contribution is -1.94. The molecule has 0 amide bonds. The zero-order chi connectivity index (χ0) is 6.69. The Morgan fingerprint density at radius 2 is 1.90 bits per heavy atom. The van der Waals surface area contributed by atoms with Gasteiger partial charge in [-0.1, -0.05) is 12.1 Å². The van der Waals surface area contributed by atoms with Crippen LogP contribution >= 0.6 is 0 Å². The molecule has 56 valence electrons. The van der Waals surface area contributed by atoms with Gasteiger partial charge in [0.15, 0.2) is 0 Å². The number of hydrogen-bond donors (Lipinski definition) is 4.